The molecule has 138 valence electrons. The molecule has 0 aliphatic carbocycles. The average molecular weight is 361 g/mol. The Morgan fingerprint density at radius 1 is 1.15 bits per heavy atom. The van der Waals surface area contributed by atoms with Crippen molar-refractivity contribution in [2.75, 3.05) is 32.5 Å². The van der Waals surface area contributed by atoms with Crippen LogP contribution in [0.5, 0.6) is 0 Å². The molecule has 4 rings (SSSR count). The molecule has 2 aromatic carbocycles. The molecule has 1 aliphatic heterocycles. The molecule has 1 saturated heterocycles. The SMILES string of the molecule is CN(C)C(=O)N1CCC(Nc2nccc(-c3ccc4ccccc4c3)n2)C1. The molecule has 3 aromatic rings. The number of benzene rings is 2. The minimum absolute atomic E-state index is 0.0464. The third-order valence-corrected chi connectivity index (χ3v) is 4.88. The number of carbonyl (C=O) groups excluding carboxylic acids is 1. The molecule has 1 fully saturated rings. The lowest BCUT2D eigenvalue weighted by molar-refractivity contribution is 0.181. The van der Waals surface area contributed by atoms with Gasteiger partial charge in [0.2, 0.25) is 5.95 Å². The fraction of sp³-hybridized carbons (Fsp3) is 0.286. The summed E-state index contributed by atoms with van der Waals surface area (Å²) < 4.78 is 0. The monoisotopic (exact) mass is 361 g/mol. The van der Waals surface area contributed by atoms with Crippen LogP contribution in [0.2, 0.25) is 0 Å². The van der Waals surface area contributed by atoms with Crippen molar-refractivity contribution in [2.24, 2.45) is 0 Å². The molecule has 27 heavy (non-hydrogen) atoms. The fourth-order valence-corrected chi connectivity index (χ4v) is 3.45. The predicted molar refractivity (Wildman–Crippen MR) is 108 cm³/mol. The molecule has 1 atom stereocenters. The summed E-state index contributed by atoms with van der Waals surface area (Å²) >= 11 is 0. The van der Waals surface area contributed by atoms with Gasteiger partial charge in [-0.1, -0.05) is 36.4 Å². The minimum atomic E-state index is 0.0464. The van der Waals surface area contributed by atoms with Gasteiger partial charge in [0.05, 0.1) is 5.69 Å². The highest BCUT2D eigenvalue weighted by Crippen LogP contribution is 2.24. The van der Waals surface area contributed by atoms with Gasteiger partial charge in [0.1, 0.15) is 0 Å². The minimum Gasteiger partial charge on any atom is -0.350 e. The molecule has 1 aromatic heterocycles. The number of nitrogens with zero attached hydrogens (tertiary/aromatic N) is 4. The first-order chi connectivity index (χ1) is 13.1. The summed E-state index contributed by atoms with van der Waals surface area (Å²) in [5.41, 5.74) is 1.95. The van der Waals surface area contributed by atoms with Crippen molar-refractivity contribution >= 4 is 22.8 Å². The van der Waals surface area contributed by atoms with E-state index in [0.717, 1.165) is 24.2 Å². The highest BCUT2D eigenvalue weighted by atomic mass is 16.2. The van der Waals surface area contributed by atoms with Crippen molar-refractivity contribution in [2.45, 2.75) is 12.5 Å². The van der Waals surface area contributed by atoms with E-state index in [9.17, 15) is 4.79 Å². The van der Waals surface area contributed by atoms with E-state index in [-0.39, 0.29) is 12.1 Å². The predicted octanol–water partition coefficient (Wildman–Crippen LogP) is 3.46. The number of anilines is 1. The smallest absolute Gasteiger partial charge is 0.319 e. The zero-order valence-corrected chi connectivity index (χ0v) is 15.6. The van der Waals surface area contributed by atoms with Gasteiger partial charge in [-0.3, -0.25) is 0 Å². The van der Waals surface area contributed by atoms with Gasteiger partial charge in [-0.2, -0.15) is 0 Å². The van der Waals surface area contributed by atoms with Crippen molar-refractivity contribution in [3.8, 4) is 11.3 Å². The van der Waals surface area contributed by atoms with Crippen LogP contribution in [0.25, 0.3) is 22.0 Å². The largest absolute Gasteiger partial charge is 0.350 e. The number of rotatable bonds is 3. The van der Waals surface area contributed by atoms with E-state index in [4.69, 9.17) is 0 Å². The van der Waals surface area contributed by atoms with Crippen LogP contribution in [0, 0.1) is 0 Å². The Balaban J connectivity index is 1.50. The van der Waals surface area contributed by atoms with Crippen LogP contribution in [0.1, 0.15) is 6.42 Å². The van der Waals surface area contributed by atoms with E-state index in [1.807, 2.05) is 23.1 Å². The van der Waals surface area contributed by atoms with Crippen molar-refractivity contribution < 1.29 is 4.79 Å². The van der Waals surface area contributed by atoms with Gasteiger partial charge < -0.3 is 15.1 Å². The number of hydrogen-bond donors (Lipinski definition) is 1. The van der Waals surface area contributed by atoms with Gasteiger partial charge >= 0.3 is 6.03 Å². The summed E-state index contributed by atoms with van der Waals surface area (Å²) in [5.74, 6) is 0.602. The molecule has 0 radical (unpaired) electrons. The lowest BCUT2D eigenvalue weighted by Crippen LogP contribution is -2.38. The second-order valence-electron chi connectivity index (χ2n) is 7.08. The average Bonchev–Trinajstić information content (AvgIpc) is 3.15. The van der Waals surface area contributed by atoms with E-state index in [0.29, 0.717) is 12.5 Å². The Morgan fingerprint density at radius 3 is 2.78 bits per heavy atom. The molecule has 0 bridgehead atoms. The number of fused-ring (bicyclic) bond motifs is 1. The standard InChI is InChI=1S/C21H23N5O/c1-25(2)21(27)26-12-10-18(14-26)23-20-22-11-9-19(24-20)17-8-7-15-5-3-4-6-16(15)13-17/h3-9,11,13,18H,10,12,14H2,1-2H3,(H,22,23,24). The summed E-state index contributed by atoms with van der Waals surface area (Å²) in [5, 5.41) is 5.78. The molecule has 2 amide bonds. The van der Waals surface area contributed by atoms with Crippen LogP contribution in [-0.2, 0) is 0 Å². The van der Waals surface area contributed by atoms with E-state index in [1.54, 1.807) is 25.2 Å². The molecule has 1 unspecified atom stereocenters. The molecule has 6 heteroatoms. The fourth-order valence-electron chi connectivity index (χ4n) is 3.45. The van der Waals surface area contributed by atoms with Crippen LogP contribution in [0.4, 0.5) is 10.7 Å². The van der Waals surface area contributed by atoms with Gasteiger partial charge in [0, 0.05) is 45.0 Å². The zero-order chi connectivity index (χ0) is 18.8. The van der Waals surface area contributed by atoms with E-state index >= 15 is 0 Å². The zero-order valence-electron chi connectivity index (χ0n) is 15.6. The number of aromatic nitrogens is 2. The molecule has 6 nitrogen and oxygen atoms in total. The summed E-state index contributed by atoms with van der Waals surface area (Å²) in [6.45, 7) is 1.42. The van der Waals surface area contributed by atoms with Crippen LogP contribution in [0.15, 0.2) is 54.7 Å². The number of likely N-dealkylation sites (tertiary alicyclic amines) is 1. The maximum absolute atomic E-state index is 12.1. The Bertz CT molecular complexity index is 971. The Labute approximate surface area is 158 Å². The van der Waals surface area contributed by atoms with Crippen LogP contribution < -0.4 is 5.32 Å². The first kappa shape index (κ1) is 17.3. The van der Waals surface area contributed by atoms with Gasteiger partial charge in [-0.15, -0.1) is 0 Å². The molecule has 1 aliphatic rings. The molecule has 1 N–H and O–H groups in total. The first-order valence-electron chi connectivity index (χ1n) is 9.15. The second kappa shape index (κ2) is 7.23. The lowest BCUT2D eigenvalue weighted by atomic mass is 10.1. The van der Waals surface area contributed by atoms with Crippen molar-refractivity contribution in [3.05, 3.63) is 54.7 Å². The first-order valence-corrected chi connectivity index (χ1v) is 9.15. The summed E-state index contributed by atoms with van der Waals surface area (Å²) in [6, 6.07) is 16.8. The van der Waals surface area contributed by atoms with Gasteiger partial charge in [-0.25, -0.2) is 14.8 Å². The number of hydrogen-bond acceptors (Lipinski definition) is 4. The number of carbonyl (C=O) groups is 1. The summed E-state index contributed by atoms with van der Waals surface area (Å²) in [4.78, 5) is 24.6. The molecular formula is C21H23N5O. The normalized spacial score (nSPS) is 16.5. The number of urea groups is 1. The summed E-state index contributed by atoms with van der Waals surface area (Å²) in [7, 11) is 3.55. The maximum atomic E-state index is 12.1. The lowest BCUT2D eigenvalue weighted by Gasteiger charge is -2.21. The van der Waals surface area contributed by atoms with Crippen LogP contribution in [-0.4, -0.2) is 59.0 Å². The number of amides is 2. The van der Waals surface area contributed by atoms with Gasteiger partial charge in [0.15, 0.2) is 0 Å². The van der Waals surface area contributed by atoms with E-state index < -0.39 is 0 Å². The van der Waals surface area contributed by atoms with Crippen LogP contribution >= 0.6 is 0 Å². The Morgan fingerprint density at radius 2 is 1.96 bits per heavy atom. The molecule has 0 spiro atoms. The molecule has 0 saturated carbocycles. The van der Waals surface area contributed by atoms with Gasteiger partial charge in [0.25, 0.3) is 0 Å². The third-order valence-electron chi connectivity index (χ3n) is 4.88. The van der Waals surface area contributed by atoms with Crippen LogP contribution in [0.3, 0.4) is 0 Å². The second-order valence-corrected chi connectivity index (χ2v) is 7.08. The van der Waals surface area contributed by atoms with Crippen molar-refractivity contribution in [3.63, 3.8) is 0 Å². The summed E-state index contributed by atoms with van der Waals surface area (Å²) in [6.07, 6.45) is 2.67. The quantitative estimate of drug-likeness (QED) is 0.776. The van der Waals surface area contributed by atoms with E-state index in [1.165, 1.54) is 10.8 Å². The van der Waals surface area contributed by atoms with E-state index in [2.05, 4.69) is 45.6 Å². The topological polar surface area (TPSA) is 61.4 Å². The molecular weight excluding hydrogens is 338 g/mol. The number of nitrogens with one attached hydrogen (secondary N) is 1. The van der Waals surface area contributed by atoms with Crippen molar-refractivity contribution in [1.82, 2.24) is 19.8 Å². The Hall–Kier alpha value is -3.15. The highest BCUT2D eigenvalue weighted by molar-refractivity contribution is 5.86. The molecule has 2 heterocycles. The van der Waals surface area contributed by atoms with Gasteiger partial charge in [-0.05, 0) is 29.3 Å². The maximum Gasteiger partial charge on any atom is 0.319 e. The Kier molecular flexibility index (Phi) is 4.62. The highest BCUT2D eigenvalue weighted by Gasteiger charge is 2.27. The third kappa shape index (κ3) is 3.69. The van der Waals surface area contributed by atoms with Crippen molar-refractivity contribution in [1.29, 1.82) is 0 Å².